The first-order valence-electron chi connectivity index (χ1n) is 8.25. The number of carbonyl (C=O) groups excluding carboxylic acids is 2. The van der Waals surface area contributed by atoms with Gasteiger partial charge in [-0.2, -0.15) is 5.10 Å². The topological polar surface area (TPSA) is 113 Å². The molecule has 0 spiro atoms. The SMILES string of the molecule is CC(C)CC(=O)NC(C(=O)Nc1ccn(CC(=O)O)n1)c1ccccc1. The molecule has 0 aliphatic rings. The summed E-state index contributed by atoms with van der Waals surface area (Å²) >= 11 is 0. The fourth-order valence-corrected chi connectivity index (χ4v) is 2.39. The number of amides is 2. The average molecular weight is 358 g/mol. The van der Waals surface area contributed by atoms with Crippen LogP contribution in [0.25, 0.3) is 0 Å². The summed E-state index contributed by atoms with van der Waals surface area (Å²) in [6.45, 7) is 3.54. The van der Waals surface area contributed by atoms with Crippen LogP contribution in [0.4, 0.5) is 5.82 Å². The Labute approximate surface area is 151 Å². The monoisotopic (exact) mass is 358 g/mol. The van der Waals surface area contributed by atoms with Crippen molar-refractivity contribution in [3.05, 3.63) is 48.2 Å². The molecule has 2 amide bonds. The van der Waals surface area contributed by atoms with E-state index >= 15 is 0 Å². The molecule has 1 unspecified atom stereocenters. The lowest BCUT2D eigenvalue weighted by atomic mass is 10.0. The Balaban J connectivity index is 2.13. The molecule has 1 atom stereocenters. The Morgan fingerprint density at radius 3 is 2.46 bits per heavy atom. The van der Waals surface area contributed by atoms with E-state index in [9.17, 15) is 14.4 Å². The summed E-state index contributed by atoms with van der Waals surface area (Å²) in [6.07, 6.45) is 1.77. The van der Waals surface area contributed by atoms with Crippen LogP contribution in [-0.4, -0.2) is 32.7 Å². The maximum absolute atomic E-state index is 12.7. The molecule has 0 saturated carbocycles. The Morgan fingerprint density at radius 1 is 1.15 bits per heavy atom. The van der Waals surface area contributed by atoms with Crippen LogP contribution in [0.5, 0.6) is 0 Å². The zero-order chi connectivity index (χ0) is 19.1. The number of aromatic nitrogens is 2. The van der Waals surface area contributed by atoms with Crippen LogP contribution >= 0.6 is 0 Å². The Hall–Kier alpha value is -3.16. The molecule has 1 aromatic heterocycles. The van der Waals surface area contributed by atoms with Crippen LogP contribution in [0.2, 0.25) is 0 Å². The average Bonchev–Trinajstić information content (AvgIpc) is 2.98. The van der Waals surface area contributed by atoms with E-state index in [1.165, 1.54) is 16.9 Å². The molecule has 2 rings (SSSR count). The van der Waals surface area contributed by atoms with Crippen molar-refractivity contribution >= 4 is 23.6 Å². The van der Waals surface area contributed by atoms with Crippen molar-refractivity contribution in [2.75, 3.05) is 5.32 Å². The van der Waals surface area contributed by atoms with Gasteiger partial charge in [-0.3, -0.25) is 19.1 Å². The highest BCUT2D eigenvalue weighted by Gasteiger charge is 2.23. The zero-order valence-electron chi connectivity index (χ0n) is 14.7. The van der Waals surface area contributed by atoms with Gasteiger partial charge in [-0.25, -0.2) is 0 Å². The first-order chi connectivity index (χ1) is 12.3. The number of nitrogens with one attached hydrogen (secondary N) is 2. The molecule has 0 saturated heterocycles. The van der Waals surface area contributed by atoms with Crippen molar-refractivity contribution < 1.29 is 19.5 Å². The molecule has 138 valence electrons. The van der Waals surface area contributed by atoms with Crippen molar-refractivity contribution in [1.82, 2.24) is 15.1 Å². The summed E-state index contributed by atoms with van der Waals surface area (Å²) in [7, 11) is 0. The van der Waals surface area contributed by atoms with Crippen molar-refractivity contribution in [3.63, 3.8) is 0 Å². The third-order valence-corrected chi connectivity index (χ3v) is 3.48. The first kappa shape index (κ1) is 19.2. The van der Waals surface area contributed by atoms with Gasteiger partial charge in [0.2, 0.25) is 5.91 Å². The molecule has 2 aromatic rings. The Kier molecular flexibility index (Phi) is 6.48. The third kappa shape index (κ3) is 5.73. The number of anilines is 1. The number of carbonyl (C=O) groups is 3. The molecule has 0 bridgehead atoms. The summed E-state index contributed by atoms with van der Waals surface area (Å²) in [6, 6.07) is 9.52. The van der Waals surface area contributed by atoms with Crippen LogP contribution in [0.3, 0.4) is 0 Å². The lowest BCUT2D eigenvalue weighted by Crippen LogP contribution is -2.37. The van der Waals surface area contributed by atoms with Crippen LogP contribution in [0, 0.1) is 5.92 Å². The molecule has 0 aliphatic carbocycles. The maximum atomic E-state index is 12.7. The quantitative estimate of drug-likeness (QED) is 0.666. The molecule has 0 aliphatic heterocycles. The minimum absolute atomic E-state index is 0.168. The number of carboxylic acids is 1. The molecular weight excluding hydrogens is 336 g/mol. The van der Waals surface area contributed by atoms with Gasteiger partial charge in [-0.15, -0.1) is 0 Å². The summed E-state index contributed by atoms with van der Waals surface area (Å²) in [4.78, 5) is 35.5. The maximum Gasteiger partial charge on any atom is 0.325 e. The molecule has 3 N–H and O–H groups in total. The van der Waals surface area contributed by atoms with Gasteiger partial charge in [-0.05, 0) is 11.5 Å². The fraction of sp³-hybridized carbons (Fsp3) is 0.333. The lowest BCUT2D eigenvalue weighted by molar-refractivity contribution is -0.137. The van der Waals surface area contributed by atoms with E-state index in [-0.39, 0.29) is 24.2 Å². The predicted molar refractivity (Wildman–Crippen MR) is 95.3 cm³/mol. The number of aliphatic carboxylic acids is 1. The lowest BCUT2D eigenvalue weighted by Gasteiger charge is -2.19. The summed E-state index contributed by atoms with van der Waals surface area (Å²) in [5, 5.41) is 18.1. The second-order valence-electron chi connectivity index (χ2n) is 6.29. The van der Waals surface area contributed by atoms with E-state index in [1.807, 2.05) is 19.9 Å². The molecule has 26 heavy (non-hydrogen) atoms. The molecule has 0 fully saturated rings. The summed E-state index contributed by atoms with van der Waals surface area (Å²) < 4.78 is 1.20. The fourth-order valence-electron chi connectivity index (χ4n) is 2.39. The van der Waals surface area contributed by atoms with Gasteiger partial charge in [0.05, 0.1) is 0 Å². The van der Waals surface area contributed by atoms with Gasteiger partial charge in [0.1, 0.15) is 12.6 Å². The van der Waals surface area contributed by atoms with E-state index in [4.69, 9.17) is 5.11 Å². The second-order valence-corrected chi connectivity index (χ2v) is 6.29. The highest BCUT2D eigenvalue weighted by molar-refractivity contribution is 5.97. The van der Waals surface area contributed by atoms with E-state index in [0.29, 0.717) is 12.0 Å². The molecular formula is C18H22N4O4. The van der Waals surface area contributed by atoms with Crippen LogP contribution in [-0.2, 0) is 20.9 Å². The number of nitrogens with zero attached hydrogens (tertiary/aromatic N) is 2. The van der Waals surface area contributed by atoms with Crippen molar-refractivity contribution in [2.45, 2.75) is 32.9 Å². The minimum Gasteiger partial charge on any atom is -0.480 e. The molecule has 8 nitrogen and oxygen atoms in total. The largest absolute Gasteiger partial charge is 0.480 e. The van der Waals surface area contributed by atoms with Gasteiger partial charge in [0.15, 0.2) is 5.82 Å². The van der Waals surface area contributed by atoms with Crippen LogP contribution in [0.1, 0.15) is 31.9 Å². The molecule has 1 aromatic carbocycles. The van der Waals surface area contributed by atoms with Gasteiger partial charge < -0.3 is 15.7 Å². The van der Waals surface area contributed by atoms with Crippen molar-refractivity contribution in [3.8, 4) is 0 Å². The first-order valence-corrected chi connectivity index (χ1v) is 8.25. The van der Waals surface area contributed by atoms with E-state index < -0.39 is 17.9 Å². The van der Waals surface area contributed by atoms with Gasteiger partial charge in [0.25, 0.3) is 5.91 Å². The zero-order valence-corrected chi connectivity index (χ0v) is 14.7. The van der Waals surface area contributed by atoms with Crippen LogP contribution < -0.4 is 10.6 Å². The highest BCUT2D eigenvalue weighted by atomic mass is 16.4. The van der Waals surface area contributed by atoms with E-state index in [0.717, 1.165) is 0 Å². The predicted octanol–water partition coefficient (Wildman–Crippen LogP) is 1.81. The molecule has 0 radical (unpaired) electrons. The number of hydrogen-bond donors (Lipinski definition) is 3. The van der Waals surface area contributed by atoms with E-state index in [1.54, 1.807) is 24.3 Å². The standard InChI is InChI=1S/C18H22N4O4/c1-12(2)10-15(23)20-17(13-6-4-3-5-7-13)18(26)19-14-8-9-22(21-14)11-16(24)25/h3-9,12,17H,10-11H2,1-2H3,(H,20,23)(H,24,25)(H,19,21,26). The number of hydrogen-bond acceptors (Lipinski definition) is 4. The van der Waals surface area contributed by atoms with Crippen molar-refractivity contribution in [1.29, 1.82) is 0 Å². The van der Waals surface area contributed by atoms with Gasteiger partial charge >= 0.3 is 5.97 Å². The number of carboxylic acid groups (broad SMARTS) is 1. The number of benzene rings is 1. The number of rotatable bonds is 8. The summed E-state index contributed by atoms with van der Waals surface area (Å²) in [5.41, 5.74) is 0.645. The van der Waals surface area contributed by atoms with Crippen molar-refractivity contribution in [2.24, 2.45) is 5.92 Å². The van der Waals surface area contributed by atoms with E-state index in [2.05, 4.69) is 15.7 Å². The molecule has 1 heterocycles. The minimum atomic E-state index is -1.03. The normalized spacial score (nSPS) is 11.8. The Bertz CT molecular complexity index is 771. The Morgan fingerprint density at radius 2 is 1.85 bits per heavy atom. The smallest absolute Gasteiger partial charge is 0.325 e. The van der Waals surface area contributed by atoms with Crippen LogP contribution in [0.15, 0.2) is 42.6 Å². The third-order valence-electron chi connectivity index (χ3n) is 3.48. The van der Waals surface area contributed by atoms with Gasteiger partial charge in [-0.1, -0.05) is 44.2 Å². The summed E-state index contributed by atoms with van der Waals surface area (Å²) in [5.74, 6) is -1.32. The highest BCUT2D eigenvalue weighted by Crippen LogP contribution is 2.16. The second kappa shape index (κ2) is 8.80. The molecule has 8 heteroatoms. The van der Waals surface area contributed by atoms with Gasteiger partial charge in [0, 0.05) is 18.7 Å².